The molecule has 0 atom stereocenters. The molecule has 0 fully saturated rings. The Balaban J connectivity index is 1.61. The molecule has 0 unspecified atom stereocenters. The molecule has 3 rings (SSSR count). The van der Waals surface area contributed by atoms with Gasteiger partial charge >= 0.3 is 0 Å². The number of thioether (sulfide) groups is 1. The Morgan fingerprint density at radius 1 is 1.29 bits per heavy atom. The molecule has 0 saturated carbocycles. The van der Waals surface area contributed by atoms with Gasteiger partial charge in [-0.3, -0.25) is 0 Å². The second-order valence-corrected chi connectivity index (χ2v) is 6.28. The summed E-state index contributed by atoms with van der Waals surface area (Å²) in [4.78, 5) is 5.53. The van der Waals surface area contributed by atoms with Crippen LogP contribution in [-0.4, -0.2) is 31.0 Å². The number of thiazole rings is 1. The topological polar surface area (TPSA) is 43.4 Å². The molecule has 0 saturated heterocycles. The van der Waals surface area contributed by atoms with Gasteiger partial charge in [0.05, 0.1) is 11.2 Å². The minimum Gasteiger partial charge on any atom is -0.486 e. The molecule has 0 aliphatic carbocycles. The quantitative estimate of drug-likeness (QED) is 0.654. The molecular formula is C15H18N2O2S2. The summed E-state index contributed by atoms with van der Waals surface area (Å²) < 4.78 is 11.3. The second kappa shape index (κ2) is 7.15. The molecule has 2 aromatic rings. The Labute approximate surface area is 132 Å². The number of hydrogen-bond donors (Lipinski definition) is 1. The first-order valence-corrected chi connectivity index (χ1v) is 9.08. The predicted octanol–water partition coefficient (Wildman–Crippen LogP) is 2.97. The van der Waals surface area contributed by atoms with Gasteiger partial charge < -0.3 is 14.8 Å². The molecule has 0 bridgehead atoms. The maximum Gasteiger partial charge on any atom is 0.162 e. The average molecular weight is 322 g/mol. The molecular weight excluding hydrogens is 304 g/mol. The van der Waals surface area contributed by atoms with Crippen molar-refractivity contribution in [1.29, 1.82) is 0 Å². The number of aromatic nitrogens is 1. The fourth-order valence-electron chi connectivity index (χ4n) is 2.24. The number of benzene rings is 1. The van der Waals surface area contributed by atoms with E-state index < -0.39 is 0 Å². The molecule has 21 heavy (non-hydrogen) atoms. The number of hydrogen-bond acceptors (Lipinski definition) is 6. The van der Waals surface area contributed by atoms with Gasteiger partial charge in [-0.05, 0) is 24.0 Å². The van der Waals surface area contributed by atoms with Crippen molar-refractivity contribution in [1.82, 2.24) is 10.3 Å². The highest BCUT2D eigenvalue weighted by molar-refractivity contribution is 7.98. The van der Waals surface area contributed by atoms with Crippen molar-refractivity contribution >= 4 is 23.1 Å². The highest BCUT2D eigenvalue weighted by atomic mass is 32.2. The Morgan fingerprint density at radius 3 is 2.81 bits per heavy atom. The highest BCUT2D eigenvalue weighted by Crippen LogP contribution is 2.36. The minimum atomic E-state index is 0.627. The van der Waals surface area contributed by atoms with Crippen molar-refractivity contribution in [3.63, 3.8) is 0 Å². The third kappa shape index (κ3) is 3.70. The van der Waals surface area contributed by atoms with Crippen LogP contribution >= 0.6 is 23.1 Å². The lowest BCUT2D eigenvalue weighted by Gasteiger charge is -2.21. The predicted molar refractivity (Wildman–Crippen MR) is 86.7 cm³/mol. The molecule has 4 nitrogen and oxygen atoms in total. The summed E-state index contributed by atoms with van der Waals surface area (Å²) in [5.41, 5.74) is 4.28. The minimum absolute atomic E-state index is 0.627. The van der Waals surface area contributed by atoms with E-state index in [2.05, 4.69) is 34.1 Å². The summed E-state index contributed by atoms with van der Waals surface area (Å²) >= 11 is 3.38. The summed E-state index contributed by atoms with van der Waals surface area (Å²) in [6.45, 7) is 3.01. The Bertz CT molecular complexity index is 588. The molecule has 1 aromatic heterocycles. The van der Waals surface area contributed by atoms with Crippen LogP contribution in [0.15, 0.2) is 27.9 Å². The zero-order valence-electron chi connectivity index (χ0n) is 11.9. The van der Waals surface area contributed by atoms with Crippen molar-refractivity contribution in [2.45, 2.75) is 17.9 Å². The van der Waals surface area contributed by atoms with E-state index in [0.717, 1.165) is 36.7 Å². The summed E-state index contributed by atoms with van der Waals surface area (Å²) in [7, 11) is 0. The fourth-order valence-corrected chi connectivity index (χ4v) is 3.45. The van der Waals surface area contributed by atoms with E-state index in [0.29, 0.717) is 13.2 Å². The lowest BCUT2D eigenvalue weighted by atomic mass is 10.2. The molecule has 1 aliphatic heterocycles. The van der Waals surface area contributed by atoms with Crippen molar-refractivity contribution in [3.8, 4) is 11.5 Å². The van der Waals surface area contributed by atoms with Gasteiger partial charge in [-0.15, -0.1) is 23.1 Å². The first-order valence-electron chi connectivity index (χ1n) is 6.91. The third-order valence-corrected chi connectivity index (χ3v) is 4.76. The van der Waals surface area contributed by atoms with E-state index in [4.69, 9.17) is 9.47 Å². The Hall–Kier alpha value is -1.24. The summed E-state index contributed by atoms with van der Waals surface area (Å²) in [5.74, 6) is 1.71. The summed E-state index contributed by atoms with van der Waals surface area (Å²) in [5, 5.41) is 5.57. The zero-order valence-corrected chi connectivity index (χ0v) is 13.6. The molecule has 1 aliphatic rings. The standard InChI is InChI=1S/C15H18N2O2S2/c1-20-15-7-14-13(18-4-5-19-14)6-11(15)8-16-3-2-12-9-21-10-17-12/h6-7,9-10,16H,2-5,8H2,1H3. The molecule has 0 radical (unpaired) electrons. The molecule has 2 heterocycles. The average Bonchev–Trinajstić information content (AvgIpc) is 3.04. The van der Waals surface area contributed by atoms with Crippen molar-refractivity contribution < 1.29 is 9.47 Å². The largest absolute Gasteiger partial charge is 0.486 e. The first kappa shape index (κ1) is 14.7. The second-order valence-electron chi connectivity index (χ2n) is 4.71. The van der Waals surface area contributed by atoms with Crippen molar-refractivity contribution in [2.24, 2.45) is 0 Å². The number of fused-ring (bicyclic) bond motifs is 1. The first-order chi connectivity index (χ1) is 10.4. The van der Waals surface area contributed by atoms with Crippen LogP contribution < -0.4 is 14.8 Å². The van der Waals surface area contributed by atoms with Crippen molar-refractivity contribution in [3.05, 3.63) is 34.3 Å². The third-order valence-electron chi connectivity index (χ3n) is 3.30. The maximum absolute atomic E-state index is 5.66. The fraction of sp³-hybridized carbons (Fsp3) is 0.400. The van der Waals surface area contributed by atoms with Crippen LogP contribution in [0, 0.1) is 0 Å². The zero-order chi connectivity index (χ0) is 14.5. The molecule has 0 spiro atoms. The molecule has 112 valence electrons. The SMILES string of the molecule is CSc1cc2c(cc1CNCCc1cscn1)OCCO2. The Kier molecular flexibility index (Phi) is 5.00. The van der Waals surface area contributed by atoms with Gasteiger partial charge in [0.2, 0.25) is 0 Å². The van der Waals surface area contributed by atoms with E-state index in [9.17, 15) is 0 Å². The van der Waals surface area contributed by atoms with Crippen molar-refractivity contribution in [2.75, 3.05) is 26.0 Å². The molecule has 0 amide bonds. The highest BCUT2D eigenvalue weighted by Gasteiger charge is 2.15. The van der Waals surface area contributed by atoms with Gasteiger partial charge in [0.1, 0.15) is 13.2 Å². The van der Waals surface area contributed by atoms with E-state index in [1.54, 1.807) is 23.1 Å². The van der Waals surface area contributed by atoms with Gasteiger partial charge in [0.15, 0.2) is 11.5 Å². The number of ether oxygens (including phenoxy) is 2. The lowest BCUT2D eigenvalue weighted by molar-refractivity contribution is 0.171. The maximum atomic E-state index is 5.66. The molecule has 1 N–H and O–H groups in total. The van der Waals surface area contributed by atoms with Crippen LogP contribution in [0.4, 0.5) is 0 Å². The van der Waals surface area contributed by atoms with Gasteiger partial charge in [-0.2, -0.15) is 0 Å². The molecule has 1 aromatic carbocycles. The van der Waals surface area contributed by atoms with Gasteiger partial charge in [-0.1, -0.05) is 0 Å². The van der Waals surface area contributed by atoms with Crippen LogP contribution in [0.3, 0.4) is 0 Å². The monoisotopic (exact) mass is 322 g/mol. The number of nitrogens with one attached hydrogen (secondary N) is 1. The van der Waals surface area contributed by atoms with Crippen LogP contribution in [0.25, 0.3) is 0 Å². The Morgan fingerprint density at radius 2 is 2.10 bits per heavy atom. The van der Waals surface area contributed by atoms with Gasteiger partial charge in [-0.25, -0.2) is 4.98 Å². The van der Waals surface area contributed by atoms with Crippen LogP contribution in [0.5, 0.6) is 11.5 Å². The van der Waals surface area contributed by atoms with Gasteiger partial charge in [0.25, 0.3) is 0 Å². The summed E-state index contributed by atoms with van der Waals surface area (Å²) in [6, 6.07) is 4.17. The van der Waals surface area contributed by atoms with Crippen LogP contribution in [0.2, 0.25) is 0 Å². The molecule has 6 heteroatoms. The number of rotatable bonds is 6. The smallest absolute Gasteiger partial charge is 0.162 e. The number of nitrogens with zero attached hydrogens (tertiary/aromatic N) is 1. The van der Waals surface area contributed by atoms with Gasteiger partial charge in [0, 0.05) is 29.8 Å². The normalized spacial score (nSPS) is 13.4. The van der Waals surface area contributed by atoms with E-state index >= 15 is 0 Å². The van der Waals surface area contributed by atoms with E-state index in [-0.39, 0.29) is 0 Å². The van der Waals surface area contributed by atoms with E-state index in [1.165, 1.54) is 10.5 Å². The van der Waals surface area contributed by atoms with E-state index in [1.807, 2.05) is 5.51 Å². The van der Waals surface area contributed by atoms with Crippen LogP contribution in [0.1, 0.15) is 11.3 Å². The van der Waals surface area contributed by atoms with Crippen LogP contribution in [-0.2, 0) is 13.0 Å². The summed E-state index contributed by atoms with van der Waals surface area (Å²) in [6.07, 6.45) is 3.05. The lowest BCUT2D eigenvalue weighted by Crippen LogP contribution is -2.19.